The van der Waals surface area contributed by atoms with Crippen LogP contribution in [0.15, 0.2) is 12.1 Å². The van der Waals surface area contributed by atoms with Gasteiger partial charge in [0.05, 0.1) is 35.6 Å². The quantitative estimate of drug-likeness (QED) is 0.496. The summed E-state index contributed by atoms with van der Waals surface area (Å²) in [5.41, 5.74) is 2.95. The maximum Gasteiger partial charge on any atom is 0.306 e. The molecule has 3 heterocycles. The van der Waals surface area contributed by atoms with Gasteiger partial charge in [-0.15, -0.1) is 5.10 Å². The van der Waals surface area contributed by atoms with Crippen molar-refractivity contribution in [3.8, 4) is 17.1 Å². The predicted molar refractivity (Wildman–Crippen MR) is 127 cm³/mol. The maximum absolute atomic E-state index is 11.4. The smallest absolute Gasteiger partial charge is 0.306 e. The third-order valence-electron chi connectivity index (χ3n) is 6.61. The number of anilines is 1. The third kappa shape index (κ3) is 5.23. The number of nitrogens with zero attached hydrogens (tertiary/aromatic N) is 7. The summed E-state index contributed by atoms with van der Waals surface area (Å²) in [5.74, 6) is 2.13. The Kier molecular flexibility index (Phi) is 6.31. The van der Waals surface area contributed by atoms with Gasteiger partial charge in [-0.05, 0) is 64.5 Å². The lowest BCUT2D eigenvalue weighted by atomic mass is 9.87. The molecule has 11 nitrogen and oxygen atoms in total. The summed E-state index contributed by atoms with van der Waals surface area (Å²) in [5, 5.41) is 21.2. The number of aliphatic carboxylic acids is 1. The monoisotopic (exact) mass is 478 g/mol. The zero-order chi connectivity index (χ0) is 24.5. The molecule has 35 heavy (non-hydrogen) atoms. The zero-order valence-corrected chi connectivity index (χ0v) is 20.2. The second-order valence-electron chi connectivity index (χ2n) is 9.42. The second kappa shape index (κ2) is 9.55. The molecule has 2 aliphatic rings. The lowest BCUT2D eigenvalue weighted by molar-refractivity contribution is -0.143. The van der Waals surface area contributed by atoms with E-state index in [1.807, 2.05) is 33.0 Å². The van der Waals surface area contributed by atoms with E-state index in [-0.39, 0.29) is 12.0 Å². The van der Waals surface area contributed by atoms with Crippen LogP contribution in [-0.4, -0.2) is 52.1 Å². The Morgan fingerprint density at radius 3 is 2.71 bits per heavy atom. The van der Waals surface area contributed by atoms with E-state index in [1.165, 1.54) is 0 Å². The summed E-state index contributed by atoms with van der Waals surface area (Å²) in [6, 6.07) is 3.75. The van der Waals surface area contributed by atoms with Crippen LogP contribution in [0.4, 0.5) is 5.95 Å². The van der Waals surface area contributed by atoms with Gasteiger partial charge >= 0.3 is 5.97 Å². The third-order valence-corrected chi connectivity index (χ3v) is 6.61. The molecule has 2 fully saturated rings. The van der Waals surface area contributed by atoms with Gasteiger partial charge in [-0.2, -0.15) is 9.97 Å². The van der Waals surface area contributed by atoms with E-state index in [0.29, 0.717) is 54.2 Å². The molecule has 2 atom stereocenters. The van der Waals surface area contributed by atoms with Gasteiger partial charge in [0.25, 0.3) is 0 Å². The van der Waals surface area contributed by atoms with Crippen molar-refractivity contribution in [2.24, 2.45) is 13.0 Å². The van der Waals surface area contributed by atoms with Crippen molar-refractivity contribution in [2.45, 2.75) is 70.9 Å². The minimum absolute atomic E-state index is 0.114. The Morgan fingerprint density at radius 2 is 1.97 bits per heavy atom. The second-order valence-corrected chi connectivity index (χ2v) is 9.42. The first kappa shape index (κ1) is 23.1. The average Bonchev–Trinajstić information content (AvgIpc) is 3.62. The van der Waals surface area contributed by atoms with Gasteiger partial charge in [-0.25, -0.2) is 14.6 Å². The van der Waals surface area contributed by atoms with Crippen molar-refractivity contribution in [2.75, 3.05) is 5.32 Å². The molecular formula is C24H30N8O3. The van der Waals surface area contributed by atoms with Crippen LogP contribution in [0.25, 0.3) is 11.4 Å². The molecule has 0 amide bonds. The van der Waals surface area contributed by atoms with Gasteiger partial charge < -0.3 is 15.2 Å². The lowest BCUT2D eigenvalue weighted by Crippen LogP contribution is -2.29. The largest absolute Gasteiger partial charge is 0.489 e. The highest BCUT2D eigenvalue weighted by atomic mass is 16.5. The van der Waals surface area contributed by atoms with E-state index in [1.54, 1.807) is 4.68 Å². The zero-order valence-electron chi connectivity index (χ0n) is 20.2. The van der Waals surface area contributed by atoms with Gasteiger partial charge in [0, 0.05) is 13.0 Å². The fourth-order valence-electron chi connectivity index (χ4n) is 4.50. The maximum atomic E-state index is 11.4. The molecule has 11 heteroatoms. The van der Waals surface area contributed by atoms with Crippen LogP contribution in [0.5, 0.6) is 5.75 Å². The van der Waals surface area contributed by atoms with Crippen molar-refractivity contribution >= 4 is 11.9 Å². The van der Waals surface area contributed by atoms with E-state index in [4.69, 9.17) is 9.72 Å². The number of carboxylic acid groups (broad SMARTS) is 1. The average molecular weight is 479 g/mol. The number of aryl methyl sites for hydroxylation is 3. The van der Waals surface area contributed by atoms with E-state index in [9.17, 15) is 9.90 Å². The molecule has 0 saturated heterocycles. The molecule has 0 unspecified atom stereocenters. The molecular weight excluding hydrogens is 448 g/mol. The minimum atomic E-state index is -0.747. The van der Waals surface area contributed by atoms with Gasteiger partial charge in [-0.3, -0.25) is 4.79 Å². The number of carbonyl (C=O) groups is 1. The fourth-order valence-corrected chi connectivity index (χ4v) is 4.50. The highest BCUT2D eigenvalue weighted by molar-refractivity contribution is 5.70. The summed E-state index contributed by atoms with van der Waals surface area (Å²) >= 11 is 0. The molecule has 2 saturated carbocycles. The normalized spacial score (nSPS) is 20.0. The van der Waals surface area contributed by atoms with Gasteiger partial charge in [-0.1, -0.05) is 5.21 Å². The summed E-state index contributed by atoms with van der Waals surface area (Å²) < 4.78 is 7.86. The minimum Gasteiger partial charge on any atom is -0.489 e. The lowest BCUT2D eigenvalue weighted by Gasteiger charge is -2.27. The predicted octanol–water partition coefficient (Wildman–Crippen LogP) is 3.19. The number of nitrogens with one attached hydrogen (secondary N) is 1. The SMILES string of the molecule is Cc1nc(NCc2c(-c3ccc(O[C@H]4CCC[C@H](C(=O)O)C4)c(C)n3)nnn2C)nc(C2CC2)n1. The Bertz CT molecular complexity index is 1240. The molecule has 5 rings (SSSR count). The first-order valence-corrected chi connectivity index (χ1v) is 12.1. The molecule has 0 bridgehead atoms. The molecule has 3 aromatic rings. The number of pyridine rings is 1. The van der Waals surface area contributed by atoms with Crippen molar-refractivity contribution < 1.29 is 14.6 Å². The molecule has 184 valence electrons. The number of hydrogen-bond acceptors (Lipinski definition) is 9. The highest BCUT2D eigenvalue weighted by Crippen LogP contribution is 2.38. The highest BCUT2D eigenvalue weighted by Gasteiger charge is 2.29. The molecule has 2 N–H and O–H groups in total. The van der Waals surface area contributed by atoms with Crippen molar-refractivity contribution in [1.82, 2.24) is 34.9 Å². The summed E-state index contributed by atoms with van der Waals surface area (Å²) in [4.78, 5) is 29.5. The van der Waals surface area contributed by atoms with E-state index < -0.39 is 5.97 Å². The van der Waals surface area contributed by atoms with Crippen molar-refractivity contribution in [3.63, 3.8) is 0 Å². The fraction of sp³-hybridized carbons (Fsp3) is 0.542. The summed E-state index contributed by atoms with van der Waals surface area (Å²) in [6.07, 6.45) is 5.08. The van der Waals surface area contributed by atoms with Crippen LogP contribution in [0, 0.1) is 19.8 Å². The Morgan fingerprint density at radius 1 is 1.14 bits per heavy atom. The van der Waals surface area contributed by atoms with Crippen LogP contribution in [0.3, 0.4) is 0 Å². The van der Waals surface area contributed by atoms with Crippen molar-refractivity contribution in [3.05, 3.63) is 35.2 Å². The molecule has 3 aromatic heterocycles. The molecule has 0 aliphatic heterocycles. The van der Waals surface area contributed by atoms with E-state index >= 15 is 0 Å². The topological polar surface area (TPSA) is 141 Å². The number of hydrogen-bond donors (Lipinski definition) is 2. The Balaban J connectivity index is 1.30. The van der Waals surface area contributed by atoms with Crippen LogP contribution in [-0.2, 0) is 18.4 Å². The Hall–Kier alpha value is -3.63. The number of rotatable bonds is 8. The van der Waals surface area contributed by atoms with Gasteiger partial charge in [0.1, 0.15) is 23.1 Å². The number of aromatic nitrogens is 7. The molecule has 0 radical (unpaired) electrons. The van der Waals surface area contributed by atoms with E-state index in [0.717, 1.165) is 42.9 Å². The van der Waals surface area contributed by atoms with Gasteiger partial charge in [0.2, 0.25) is 5.95 Å². The summed E-state index contributed by atoms with van der Waals surface area (Å²) in [7, 11) is 1.84. The summed E-state index contributed by atoms with van der Waals surface area (Å²) in [6.45, 7) is 4.20. The molecule has 0 spiro atoms. The standard InChI is InChI=1S/C24H30N8O3/c1-13-20(35-17-6-4-5-16(11-17)23(33)34)10-9-18(26-13)21-19(32(3)31-30-21)12-25-24-28-14(2)27-22(29-24)15-7-8-15/h9-10,15-17H,4-8,11-12H2,1-3H3,(H,33,34)(H,25,27,28,29)/t16-,17-/m0/s1. The van der Waals surface area contributed by atoms with Crippen LogP contribution in [0.1, 0.15) is 67.5 Å². The first-order chi connectivity index (χ1) is 16.9. The van der Waals surface area contributed by atoms with Crippen LogP contribution >= 0.6 is 0 Å². The number of ether oxygens (including phenoxy) is 1. The first-order valence-electron chi connectivity index (χ1n) is 12.1. The van der Waals surface area contributed by atoms with Crippen LogP contribution in [0.2, 0.25) is 0 Å². The van der Waals surface area contributed by atoms with Crippen LogP contribution < -0.4 is 10.1 Å². The van der Waals surface area contributed by atoms with E-state index in [2.05, 4.69) is 30.6 Å². The molecule has 0 aromatic carbocycles. The Labute approximate surface area is 203 Å². The number of carboxylic acids is 1. The van der Waals surface area contributed by atoms with Gasteiger partial charge in [0.15, 0.2) is 0 Å². The molecule has 2 aliphatic carbocycles. The van der Waals surface area contributed by atoms with Crippen molar-refractivity contribution in [1.29, 1.82) is 0 Å².